The van der Waals surface area contributed by atoms with Crippen LogP contribution in [0.3, 0.4) is 0 Å². The van der Waals surface area contributed by atoms with E-state index in [0.29, 0.717) is 0 Å². The summed E-state index contributed by atoms with van der Waals surface area (Å²) in [6.07, 6.45) is 34.1. The summed E-state index contributed by atoms with van der Waals surface area (Å²) in [5.41, 5.74) is 3.47. The molecular formula is C28H38I2Zr. The third-order valence-electron chi connectivity index (χ3n) is 8.51. The minimum atomic E-state index is 0. The van der Waals surface area contributed by atoms with Crippen molar-refractivity contribution in [1.82, 2.24) is 0 Å². The van der Waals surface area contributed by atoms with Gasteiger partial charge in [0, 0.05) is 0 Å². The molecule has 0 saturated heterocycles. The van der Waals surface area contributed by atoms with Gasteiger partial charge in [0.1, 0.15) is 0 Å². The summed E-state index contributed by atoms with van der Waals surface area (Å²) < 4.78 is 0. The molecule has 0 amide bonds. The summed E-state index contributed by atoms with van der Waals surface area (Å²) >= 11 is 0. The number of hydrogen-bond acceptors (Lipinski definition) is 0. The Hall–Kier alpha value is 1.04. The molecule has 0 aliphatic heterocycles. The van der Waals surface area contributed by atoms with Crippen molar-refractivity contribution < 1.29 is 74.2 Å². The van der Waals surface area contributed by atoms with Crippen molar-refractivity contribution in [2.75, 3.05) is 0 Å². The molecule has 6 rings (SSSR count). The molecule has 0 aromatic carbocycles. The maximum atomic E-state index is 2.40. The van der Waals surface area contributed by atoms with Crippen molar-refractivity contribution >= 4 is 0 Å². The van der Waals surface area contributed by atoms with Crippen molar-refractivity contribution in [3.63, 3.8) is 0 Å². The zero-order valence-corrected chi connectivity index (χ0v) is 25.7. The van der Waals surface area contributed by atoms with E-state index in [1.807, 2.05) is 11.8 Å². The van der Waals surface area contributed by atoms with Gasteiger partial charge in [0.15, 0.2) is 0 Å². The van der Waals surface area contributed by atoms with E-state index in [4.69, 9.17) is 0 Å². The van der Waals surface area contributed by atoms with E-state index in [9.17, 15) is 0 Å². The van der Waals surface area contributed by atoms with Crippen LogP contribution in [-0.2, 0) is 26.2 Å². The SMILES string of the molecule is C1=CCC2CC[C-](C3CCCC3)C2=C1.C1=CCC2CC[C-](C3CCCC3)C2=C1.[I-].[I-].[Zr+4]. The molecule has 0 N–H and O–H groups in total. The molecule has 31 heavy (non-hydrogen) atoms. The monoisotopic (exact) mass is 718 g/mol. The molecule has 0 aromatic heterocycles. The van der Waals surface area contributed by atoms with Crippen LogP contribution < -0.4 is 48.0 Å². The predicted octanol–water partition coefficient (Wildman–Crippen LogP) is 2.10. The van der Waals surface area contributed by atoms with Crippen molar-refractivity contribution in [2.45, 2.75) is 89.9 Å². The van der Waals surface area contributed by atoms with Gasteiger partial charge in [-0.2, -0.15) is 0 Å². The fourth-order valence-electron chi connectivity index (χ4n) is 7.02. The molecule has 0 bridgehead atoms. The maximum absolute atomic E-state index is 2.40. The van der Waals surface area contributed by atoms with Gasteiger partial charge in [-0.25, -0.2) is 35.1 Å². The summed E-state index contributed by atoms with van der Waals surface area (Å²) in [6, 6.07) is 0. The Morgan fingerprint density at radius 2 is 0.968 bits per heavy atom. The number of rotatable bonds is 2. The molecule has 2 unspecified atom stereocenters. The Labute approximate surface area is 244 Å². The third-order valence-corrected chi connectivity index (χ3v) is 8.51. The van der Waals surface area contributed by atoms with E-state index in [1.54, 1.807) is 11.1 Å². The Kier molecular flexibility index (Phi) is 12.6. The van der Waals surface area contributed by atoms with Crippen LogP contribution in [0.1, 0.15) is 89.9 Å². The maximum Gasteiger partial charge on any atom is 4.00 e. The van der Waals surface area contributed by atoms with Gasteiger partial charge in [0.2, 0.25) is 0 Å². The van der Waals surface area contributed by atoms with E-state index in [1.165, 1.54) is 89.9 Å². The van der Waals surface area contributed by atoms with Gasteiger partial charge in [-0.05, 0) is 24.7 Å². The molecular weight excluding hydrogens is 681 g/mol. The van der Waals surface area contributed by atoms with E-state index in [0.717, 1.165) is 23.7 Å². The van der Waals surface area contributed by atoms with Crippen molar-refractivity contribution in [3.8, 4) is 0 Å². The molecule has 6 aliphatic rings. The molecule has 0 aromatic rings. The van der Waals surface area contributed by atoms with Gasteiger partial charge < -0.3 is 48.0 Å². The molecule has 4 fully saturated rings. The van der Waals surface area contributed by atoms with Gasteiger partial charge in [0.25, 0.3) is 0 Å². The van der Waals surface area contributed by atoms with Crippen LogP contribution >= 0.6 is 0 Å². The van der Waals surface area contributed by atoms with Crippen LogP contribution in [0.2, 0.25) is 0 Å². The fourth-order valence-corrected chi connectivity index (χ4v) is 7.02. The molecule has 0 nitrogen and oxygen atoms in total. The summed E-state index contributed by atoms with van der Waals surface area (Å²) in [4.78, 5) is 0. The van der Waals surface area contributed by atoms with Gasteiger partial charge in [-0.1, -0.05) is 88.9 Å². The van der Waals surface area contributed by atoms with Crippen molar-refractivity contribution in [3.05, 3.63) is 59.4 Å². The quantitative estimate of drug-likeness (QED) is 0.304. The summed E-state index contributed by atoms with van der Waals surface area (Å²) in [5.74, 6) is 7.43. The fraction of sp³-hybridized carbons (Fsp3) is 0.643. The van der Waals surface area contributed by atoms with E-state index >= 15 is 0 Å². The first-order valence-electron chi connectivity index (χ1n) is 12.4. The molecule has 0 spiro atoms. The van der Waals surface area contributed by atoms with E-state index in [-0.39, 0.29) is 74.2 Å². The number of fused-ring (bicyclic) bond motifs is 2. The van der Waals surface area contributed by atoms with Crippen LogP contribution in [0.25, 0.3) is 0 Å². The predicted molar refractivity (Wildman–Crippen MR) is 120 cm³/mol. The van der Waals surface area contributed by atoms with Crippen LogP contribution in [0.5, 0.6) is 0 Å². The summed E-state index contributed by atoms with van der Waals surface area (Å²) in [6.45, 7) is 0. The minimum Gasteiger partial charge on any atom is -1.00 e. The summed E-state index contributed by atoms with van der Waals surface area (Å²) in [5, 5.41) is 0. The zero-order valence-electron chi connectivity index (χ0n) is 18.9. The molecule has 0 heterocycles. The Morgan fingerprint density at radius 1 is 0.581 bits per heavy atom. The minimum absolute atomic E-state index is 0. The number of hydrogen-bond donors (Lipinski definition) is 0. The second kappa shape index (κ2) is 13.8. The van der Waals surface area contributed by atoms with Gasteiger partial charge in [0.05, 0.1) is 0 Å². The first kappa shape index (κ1) is 28.3. The topological polar surface area (TPSA) is 0 Å². The van der Waals surface area contributed by atoms with Crippen molar-refractivity contribution in [1.29, 1.82) is 0 Å². The largest absolute Gasteiger partial charge is 4.00 e. The summed E-state index contributed by atoms with van der Waals surface area (Å²) in [7, 11) is 0. The molecule has 0 radical (unpaired) electrons. The molecule has 3 heteroatoms. The average Bonchev–Trinajstić information content (AvgIpc) is 3.54. The van der Waals surface area contributed by atoms with Crippen LogP contribution in [-0.4, -0.2) is 0 Å². The molecule has 6 aliphatic carbocycles. The molecule has 2 atom stereocenters. The van der Waals surface area contributed by atoms with Crippen molar-refractivity contribution in [2.24, 2.45) is 23.7 Å². The van der Waals surface area contributed by atoms with Crippen LogP contribution in [0.15, 0.2) is 47.6 Å². The van der Waals surface area contributed by atoms with Gasteiger partial charge in [-0.15, -0.1) is 24.3 Å². The number of allylic oxidation sites excluding steroid dienone is 8. The molecule has 168 valence electrons. The standard InChI is InChI=1S/2C14H19.2HI.Zr/c2*1-2-6-11(5-1)14-10-9-12-7-3-4-8-13(12)14;;;/h2*3-4,8,11-12H,1-2,5-7,9-10H2;2*1H;/q2*-1;;;+4/p-2. The van der Waals surface area contributed by atoms with E-state index in [2.05, 4.69) is 36.5 Å². The smallest absolute Gasteiger partial charge is 1.00 e. The van der Waals surface area contributed by atoms with E-state index < -0.39 is 0 Å². The Bertz CT molecular complexity index is 606. The van der Waals surface area contributed by atoms with Gasteiger partial charge >= 0.3 is 26.2 Å². The zero-order chi connectivity index (χ0) is 18.8. The average molecular weight is 720 g/mol. The second-order valence-electron chi connectivity index (χ2n) is 10.1. The molecule has 4 saturated carbocycles. The third kappa shape index (κ3) is 6.59. The normalized spacial score (nSPS) is 29.0. The first-order chi connectivity index (χ1) is 13.9. The van der Waals surface area contributed by atoms with Crippen LogP contribution in [0, 0.1) is 35.5 Å². The Balaban J connectivity index is 0.000000201. The second-order valence-corrected chi connectivity index (χ2v) is 10.1. The number of halogens is 2. The van der Waals surface area contributed by atoms with Crippen LogP contribution in [0.4, 0.5) is 0 Å². The first-order valence-corrected chi connectivity index (χ1v) is 12.4. The van der Waals surface area contributed by atoms with Gasteiger partial charge in [-0.3, -0.25) is 0 Å². The Morgan fingerprint density at radius 3 is 1.35 bits per heavy atom.